The van der Waals surface area contributed by atoms with Crippen LogP contribution in [0, 0.1) is 6.92 Å². The van der Waals surface area contributed by atoms with Gasteiger partial charge in [0.25, 0.3) is 5.88 Å². The lowest BCUT2D eigenvalue weighted by molar-refractivity contribution is 0.161. The lowest BCUT2D eigenvalue weighted by Crippen LogP contribution is -2.34. The maximum absolute atomic E-state index is 6.14. The van der Waals surface area contributed by atoms with Crippen LogP contribution in [0.4, 0.5) is 0 Å². The van der Waals surface area contributed by atoms with Crippen molar-refractivity contribution >= 4 is 45.5 Å². The van der Waals surface area contributed by atoms with Crippen LogP contribution in [-0.2, 0) is 20.6 Å². The summed E-state index contributed by atoms with van der Waals surface area (Å²) in [4.78, 5) is 8.39. The van der Waals surface area contributed by atoms with Gasteiger partial charge in [-0.05, 0) is 60.6 Å². The number of fused-ring (bicyclic) bond motifs is 1. The van der Waals surface area contributed by atoms with Gasteiger partial charge in [-0.15, -0.1) is 10.2 Å². The minimum atomic E-state index is 0.157. The van der Waals surface area contributed by atoms with Gasteiger partial charge in [0.05, 0.1) is 24.0 Å². The van der Waals surface area contributed by atoms with Crippen LogP contribution in [0.2, 0.25) is 0 Å². The summed E-state index contributed by atoms with van der Waals surface area (Å²) in [6, 6.07) is 2.18. The molecule has 12 heteroatoms. The molecule has 4 aromatic heterocycles. The van der Waals surface area contributed by atoms with E-state index >= 15 is 0 Å². The molecule has 10 nitrogen and oxygen atoms in total. The molecule has 2 atom stereocenters. The second-order valence-corrected chi connectivity index (χ2v) is 10.0. The fraction of sp³-hybridized carbons (Fsp3) is 0.381. The number of rotatable bonds is 9. The molecule has 0 aliphatic heterocycles. The lowest BCUT2D eigenvalue weighted by atomic mass is 10.1. The van der Waals surface area contributed by atoms with Gasteiger partial charge in [-0.2, -0.15) is 15.0 Å². The Morgan fingerprint density at radius 2 is 2.06 bits per heavy atom. The van der Waals surface area contributed by atoms with Crippen LogP contribution in [0.25, 0.3) is 28.4 Å². The molecule has 0 radical (unpaired) electrons. The van der Waals surface area contributed by atoms with E-state index in [4.69, 9.17) is 4.74 Å². The molecule has 0 aliphatic rings. The minimum Gasteiger partial charge on any atom is -0.473 e. The van der Waals surface area contributed by atoms with E-state index in [1.165, 1.54) is 16.1 Å². The Morgan fingerprint density at radius 3 is 2.73 bits per heavy atom. The highest BCUT2D eigenvalue weighted by Gasteiger charge is 2.20. The molecule has 0 bridgehead atoms. The van der Waals surface area contributed by atoms with Crippen molar-refractivity contribution < 1.29 is 4.74 Å². The number of ether oxygens (including phenoxy) is 1. The van der Waals surface area contributed by atoms with E-state index < -0.39 is 0 Å². The number of hydrogen-bond acceptors (Lipinski definition) is 7. The first-order chi connectivity index (χ1) is 15.8. The number of hydrogen-bond donors (Lipinski definition) is 0. The van der Waals surface area contributed by atoms with Crippen molar-refractivity contribution in [2.24, 2.45) is 14.1 Å². The number of likely N-dealkylation sites (N-methyl/N-ethyl adjacent to an activating group) is 1. The van der Waals surface area contributed by atoms with E-state index in [1.807, 2.05) is 28.4 Å². The summed E-state index contributed by atoms with van der Waals surface area (Å²) in [5.41, 5.74) is 5.49. The summed E-state index contributed by atoms with van der Waals surface area (Å²) in [6.45, 7) is 9.35. The summed E-state index contributed by atoms with van der Waals surface area (Å²) < 4.78 is 9.94. The van der Waals surface area contributed by atoms with Crippen molar-refractivity contribution in [1.29, 1.82) is 0 Å². The Balaban J connectivity index is 1.54. The molecule has 0 fully saturated rings. The minimum absolute atomic E-state index is 0.157. The van der Waals surface area contributed by atoms with Crippen LogP contribution in [0.3, 0.4) is 0 Å². The monoisotopic (exact) mass is 579 g/mol. The van der Waals surface area contributed by atoms with Gasteiger partial charge in [-0.25, -0.2) is 9.44 Å². The molecule has 0 saturated carbocycles. The first-order valence-corrected chi connectivity index (χ1v) is 14.5. The van der Waals surface area contributed by atoms with Crippen LogP contribution in [0.5, 0.6) is 5.88 Å². The molecule has 2 unspecified atom stereocenters. The van der Waals surface area contributed by atoms with Crippen molar-refractivity contribution in [2.45, 2.75) is 26.4 Å². The Labute approximate surface area is 207 Å². The molecule has 4 rings (SSSR count). The predicted molar refractivity (Wildman–Crippen MR) is 140 cm³/mol. The van der Waals surface area contributed by atoms with Gasteiger partial charge >= 0.3 is 0 Å². The fourth-order valence-corrected chi connectivity index (χ4v) is 4.96. The second-order valence-electron chi connectivity index (χ2n) is 8.00. The number of pyridine rings is 1. The van der Waals surface area contributed by atoms with Gasteiger partial charge in [0.2, 0.25) is 0 Å². The standard InChI is InChI=1S/C21H27IN9OP/c1-7-17-16-8-15(10-23-20(16)31(25-17)33-22)19-21(27-30(6)26-19)32-12-14(3)28(4)11-18-13(2)9-24-29(18)5/h7-10,14,33H,1,11-12H2,2-6H3. The van der Waals surface area contributed by atoms with Crippen molar-refractivity contribution in [2.75, 3.05) is 13.7 Å². The third-order valence-electron chi connectivity index (χ3n) is 5.66. The van der Waals surface area contributed by atoms with Gasteiger partial charge < -0.3 is 4.74 Å². The number of halogens is 1. The molecule has 0 spiro atoms. The van der Waals surface area contributed by atoms with Gasteiger partial charge in [0.15, 0.2) is 11.3 Å². The summed E-state index contributed by atoms with van der Waals surface area (Å²) in [5.74, 6) is 0.485. The van der Waals surface area contributed by atoms with E-state index in [-0.39, 0.29) is 6.04 Å². The zero-order valence-electron chi connectivity index (χ0n) is 19.3. The highest BCUT2D eigenvalue weighted by Crippen LogP contribution is 2.33. The third kappa shape index (κ3) is 4.80. The summed E-state index contributed by atoms with van der Waals surface area (Å²) in [7, 11) is 5.83. The fourth-order valence-electron chi connectivity index (χ4n) is 3.55. The topological polar surface area (TPSA) is 91.7 Å². The van der Waals surface area contributed by atoms with E-state index in [2.05, 4.69) is 79.8 Å². The Kier molecular flexibility index (Phi) is 7.10. The average molecular weight is 579 g/mol. The second kappa shape index (κ2) is 9.86. The summed E-state index contributed by atoms with van der Waals surface area (Å²) in [5, 5.41) is 18.8. The molecular weight excluding hydrogens is 552 g/mol. The highest BCUT2D eigenvalue weighted by molar-refractivity contribution is 14.2. The lowest BCUT2D eigenvalue weighted by Gasteiger charge is -2.24. The highest BCUT2D eigenvalue weighted by atomic mass is 127. The van der Waals surface area contributed by atoms with Crippen LogP contribution in [-0.4, -0.2) is 63.9 Å². The molecular formula is C21H27IN9OP. The maximum Gasteiger partial charge on any atom is 0.261 e. The summed E-state index contributed by atoms with van der Waals surface area (Å²) >= 11 is 2.29. The molecule has 4 aromatic rings. The first kappa shape index (κ1) is 23.8. The Bertz CT molecular complexity index is 1280. The number of nitrogens with zero attached hydrogens (tertiary/aromatic N) is 9. The van der Waals surface area contributed by atoms with Gasteiger partial charge in [0.1, 0.15) is 6.61 Å². The zero-order chi connectivity index (χ0) is 23.7. The molecule has 33 heavy (non-hydrogen) atoms. The predicted octanol–water partition coefficient (Wildman–Crippen LogP) is 3.60. The SMILES string of the molecule is C=Cc1nn(PI)c2ncc(-c3nn(C)nc3OCC(C)N(C)Cc3c(C)cnn3C)cc12. The van der Waals surface area contributed by atoms with Crippen molar-refractivity contribution in [1.82, 2.24) is 44.2 Å². The smallest absolute Gasteiger partial charge is 0.261 e. The van der Waals surface area contributed by atoms with Crippen LogP contribution < -0.4 is 4.74 Å². The van der Waals surface area contributed by atoms with Crippen molar-refractivity contribution in [3.63, 3.8) is 0 Å². The Hall–Kier alpha value is -2.37. The normalized spacial score (nSPS) is 12.9. The van der Waals surface area contributed by atoms with Gasteiger partial charge in [-0.3, -0.25) is 9.58 Å². The average Bonchev–Trinajstić information content (AvgIpc) is 3.47. The van der Waals surface area contributed by atoms with Gasteiger partial charge in [0, 0.05) is 43.8 Å². The Morgan fingerprint density at radius 1 is 1.27 bits per heavy atom. The number of aryl methyl sites for hydroxylation is 3. The van der Waals surface area contributed by atoms with Crippen LogP contribution in [0.15, 0.2) is 25.0 Å². The van der Waals surface area contributed by atoms with Crippen molar-refractivity contribution in [3.05, 3.63) is 42.0 Å². The first-order valence-electron chi connectivity index (χ1n) is 10.4. The molecule has 0 saturated heterocycles. The quantitative estimate of drug-likeness (QED) is 0.221. The molecule has 174 valence electrons. The van der Waals surface area contributed by atoms with E-state index in [0.717, 1.165) is 28.8 Å². The van der Waals surface area contributed by atoms with Crippen LogP contribution in [0.1, 0.15) is 23.9 Å². The molecule has 0 N–H and O–H groups in total. The molecule has 0 aromatic carbocycles. The van der Waals surface area contributed by atoms with Gasteiger partial charge in [-0.1, -0.05) is 6.58 Å². The molecule has 4 heterocycles. The number of aromatic nitrogens is 8. The van der Waals surface area contributed by atoms with E-state index in [1.54, 1.807) is 19.3 Å². The van der Waals surface area contributed by atoms with E-state index in [0.29, 0.717) is 24.6 Å². The van der Waals surface area contributed by atoms with Crippen LogP contribution >= 0.6 is 28.4 Å². The largest absolute Gasteiger partial charge is 0.473 e. The zero-order valence-corrected chi connectivity index (χ0v) is 22.5. The maximum atomic E-state index is 6.14. The molecule has 0 amide bonds. The van der Waals surface area contributed by atoms with E-state index in [9.17, 15) is 0 Å². The van der Waals surface area contributed by atoms with Crippen molar-refractivity contribution in [3.8, 4) is 17.1 Å². The molecule has 0 aliphatic carbocycles. The summed E-state index contributed by atoms with van der Waals surface area (Å²) in [6.07, 6.45) is 5.89. The third-order valence-corrected chi connectivity index (χ3v) is 7.51.